The molecule has 5 heteroatoms. The van der Waals surface area contributed by atoms with Crippen molar-refractivity contribution in [2.75, 3.05) is 18.0 Å². The third-order valence-corrected chi connectivity index (χ3v) is 4.82. The van der Waals surface area contributed by atoms with E-state index in [9.17, 15) is 9.18 Å². The lowest BCUT2D eigenvalue weighted by Gasteiger charge is -2.32. The summed E-state index contributed by atoms with van der Waals surface area (Å²) in [6, 6.07) is 14.4. The number of halogens is 1. The lowest BCUT2D eigenvalue weighted by Crippen LogP contribution is -2.37. The molecule has 0 N–H and O–H groups in total. The van der Waals surface area contributed by atoms with Crippen LogP contribution in [0.25, 0.3) is 10.9 Å². The Kier molecular flexibility index (Phi) is 4.14. The standard InChI is InChI=1S/C20H18FN3O/c21-17-8-4-7-16-18(17)22-13-23-20(16)24-11-9-15(10-12-24)19(25)14-5-2-1-3-6-14/h1-8,13,15H,9-12H2. The number of benzene rings is 2. The molecule has 25 heavy (non-hydrogen) atoms. The molecular formula is C20H18FN3O. The minimum absolute atomic E-state index is 0.0310. The molecule has 3 aromatic rings. The first kappa shape index (κ1) is 15.7. The van der Waals surface area contributed by atoms with Crippen molar-refractivity contribution in [3.05, 3.63) is 66.2 Å². The number of hydrogen-bond donors (Lipinski definition) is 0. The van der Waals surface area contributed by atoms with Gasteiger partial charge < -0.3 is 4.90 Å². The summed E-state index contributed by atoms with van der Waals surface area (Å²) in [6.07, 6.45) is 2.95. The highest BCUT2D eigenvalue weighted by Gasteiger charge is 2.27. The van der Waals surface area contributed by atoms with Gasteiger partial charge in [-0.05, 0) is 25.0 Å². The van der Waals surface area contributed by atoms with Gasteiger partial charge in [-0.2, -0.15) is 0 Å². The maximum Gasteiger partial charge on any atom is 0.166 e. The molecule has 4 nitrogen and oxygen atoms in total. The molecule has 1 aromatic heterocycles. The summed E-state index contributed by atoms with van der Waals surface area (Å²) < 4.78 is 13.9. The average Bonchev–Trinajstić information content (AvgIpc) is 2.68. The molecule has 2 aromatic carbocycles. The predicted octanol–water partition coefficient (Wildman–Crippen LogP) is 3.87. The summed E-state index contributed by atoms with van der Waals surface area (Å²) in [4.78, 5) is 23.1. The number of Topliss-reactive ketones (excluding diaryl/α,β-unsaturated/α-hetero) is 1. The zero-order valence-electron chi connectivity index (χ0n) is 13.7. The summed E-state index contributed by atoms with van der Waals surface area (Å²) >= 11 is 0. The van der Waals surface area contributed by atoms with Gasteiger partial charge in [-0.1, -0.05) is 36.4 Å². The van der Waals surface area contributed by atoms with Gasteiger partial charge in [0.05, 0.1) is 0 Å². The van der Waals surface area contributed by atoms with Crippen LogP contribution >= 0.6 is 0 Å². The topological polar surface area (TPSA) is 46.1 Å². The molecule has 4 rings (SSSR count). The highest BCUT2D eigenvalue weighted by Crippen LogP contribution is 2.29. The average molecular weight is 335 g/mol. The molecule has 1 aliphatic heterocycles. The van der Waals surface area contributed by atoms with Crippen molar-refractivity contribution in [3.63, 3.8) is 0 Å². The number of fused-ring (bicyclic) bond motifs is 1. The number of rotatable bonds is 3. The summed E-state index contributed by atoms with van der Waals surface area (Å²) in [7, 11) is 0. The molecule has 0 amide bonds. The van der Waals surface area contributed by atoms with E-state index in [1.165, 1.54) is 12.4 Å². The molecule has 1 fully saturated rings. The molecule has 0 unspecified atom stereocenters. The van der Waals surface area contributed by atoms with Gasteiger partial charge in [-0.25, -0.2) is 14.4 Å². The van der Waals surface area contributed by atoms with E-state index in [1.807, 2.05) is 36.4 Å². The Bertz CT molecular complexity index is 905. The van der Waals surface area contributed by atoms with Crippen molar-refractivity contribution >= 4 is 22.5 Å². The lowest BCUT2D eigenvalue weighted by molar-refractivity contribution is 0.0900. The van der Waals surface area contributed by atoms with Gasteiger partial charge in [0.2, 0.25) is 0 Å². The Morgan fingerprint density at radius 3 is 2.52 bits per heavy atom. The Hall–Kier alpha value is -2.82. The quantitative estimate of drug-likeness (QED) is 0.682. The Labute approximate surface area is 145 Å². The van der Waals surface area contributed by atoms with Crippen LogP contribution in [0, 0.1) is 11.7 Å². The smallest absolute Gasteiger partial charge is 0.166 e. The number of anilines is 1. The molecule has 0 spiro atoms. The van der Waals surface area contributed by atoms with Crippen molar-refractivity contribution in [2.24, 2.45) is 5.92 Å². The van der Waals surface area contributed by atoms with Gasteiger partial charge in [-0.3, -0.25) is 4.79 Å². The van der Waals surface area contributed by atoms with Crippen molar-refractivity contribution in [2.45, 2.75) is 12.8 Å². The van der Waals surface area contributed by atoms with E-state index in [0.717, 1.165) is 42.7 Å². The van der Waals surface area contributed by atoms with Gasteiger partial charge in [0.15, 0.2) is 5.78 Å². The van der Waals surface area contributed by atoms with Crippen LogP contribution in [0.2, 0.25) is 0 Å². The van der Waals surface area contributed by atoms with Crippen LogP contribution in [0.5, 0.6) is 0 Å². The number of carbonyl (C=O) groups excluding carboxylic acids is 1. The summed E-state index contributed by atoms with van der Waals surface area (Å²) in [6.45, 7) is 1.46. The zero-order chi connectivity index (χ0) is 17.2. The maximum absolute atomic E-state index is 13.9. The van der Waals surface area contributed by atoms with E-state index in [0.29, 0.717) is 5.52 Å². The number of piperidine rings is 1. The van der Waals surface area contributed by atoms with Crippen LogP contribution in [-0.2, 0) is 0 Å². The molecule has 1 saturated heterocycles. The summed E-state index contributed by atoms with van der Waals surface area (Å²) in [5, 5.41) is 0.718. The van der Waals surface area contributed by atoms with Crippen LogP contribution < -0.4 is 4.90 Å². The first-order chi connectivity index (χ1) is 12.2. The molecule has 0 radical (unpaired) electrons. The van der Waals surface area contributed by atoms with Gasteiger partial charge in [0.25, 0.3) is 0 Å². The number of hydrogen-bond acceptors (Lipinski definition) is 4. The number of ketones is 1. The fourth-order valence-corrected chi connectivity index (χ4v) is 3.48. The number of nitrogens with zero attached hydrogens (tertiary/aromatic N) is 3. The molecule has 1 aliphatic rings. The maximum atomic E-state index is 13.9. The van der Waals surface area contributed by atoms with Crippen molar-refractivity contribution in [1.82, 2.24) is 9.97 Å². The van der Waals surface area contributed by atoms with Gasteiger partial charge in [0, 0.05) is 30.0 Å². The number of para-hydroxylation sites is 1. The first-order valence-corrected chi connectivity index (χ1v) is 8.47. The van der Waals surface area contributed by atoms with E-state index in [2.05, 4.69) is 14.9 Å². The molecular weight excluding hydrogens is 317 g/mol. The summed E-state index contributed by atoms with van der Waals surface area (Å²) in [5.41, 5.74) is 1.12. The van der Waals surface area contributed by atoms with E-state index in [-0.39, 0.29) is 17.5 Å². The highest BCUT2D eigenvalue weighted by atomic mass is 19.1. The normalized spacial score (nSPS) is 15.5. The van der Waals surface area contributed by atoms with Crippen molar-refractivity contribution in [3.8, 4) is 0 Å². The van der Waals surface area contributed by atoms with E-state index >= 15 is 0 Å². The fourth-order valence-electron chi connectivity index (χ4n) is 3.48. The van der Waals surface area contributed by atoms with E-state index < -0.39 is 0 Å². The van der Waals surface area contributed by atoms with Crippen LogP contribution in [0.15, 0.2) is 54.9 Å². The van der Waals surface area contributed by atoms with Crippen LogP contribution in [0.4, 0.5) is 10.2 Å². The molecule has 126 valence electrons. The second kappa shape index (κ2) is 6.59. The minimum atomic E-state index is -0.338. The second-order valence-corrected chi connectivity index (χ2v) is 6.32. The third-order valence-electron chi connectivity index (χ3n) is 4.82. The van der Waals surface area contributed by atoms with Crippen LogP contribution in [-0.4, -0.2) is 28.8 Å². The van der Waals surface area contributed by atoms with Crippen molar-refractivity contribution in [1.29, 1.82) is 0 Å². The largest absolute Gasteiger partial charge is 0.356 e. The van der Waals surface area contributed by atoms with E-state index in [4.69, 9.17) is 0 Å². The molecule has 0 saturated carbocycles. The van der Waals surface area contributed by atoms with Crippen molar-refractivity contribution < 1.29 is 9.18 Å². The van der Waals surface area contributed by atoms with Gasteiger partial charge >= 0.3 is 0 Å². The molecule has 0 bridgehead atoms. The van der Waals surface area contributed by atoms with Gasteiger partial charge in [-0.15, -0.1) is 0 Å². The monoisotopic (exact) mass is 335 g/mol. The number of carbonyl (C=O) groups is 1. The van der Waals surface area contributed by atoms with Gasteiger partial charge in [0.1, 0.15) is 23.5 Å². The lowest BCUT2D eigenvalue weighted by atomic mass is 9.89. The van der Waals surface area contributed by atoms with Crippen LogP contribution in [0.3, 0.4) is 0 Å². The minimum Gasteiger partial charge on any atom is -0.356 e. The SMILES string of the molecule is O=C(c1ccccc1)C1CCN(c2ncnc3c(F)cccc23)CC1. The Morgan fingerprint density at radius 2 is 1.76 bits per heavy atom. The first-order valence-electron chi connectivity index (χ1n) is 8.47. The number of aromatic nitrogens is 2. The summed E-state index contributed by atoms with van der Waals surface area (Å²) in [5.74, 6) is 0.646. The Morgan fingerprint density at radius 1 is 1.00 bits per heavy atom. The second-order valence-electron chi connectivity index (χ2n) is 6.32. The fraction of sp³-hybridized carbons (Fsp3) is 0.250. The third kappa shape index (κ3) is 2.97. The Balaban J connectivity index is 1.53. The molecule has 0 atom stereocenters. The molecule has 2 heterocycles. The highest BCUT2D eigenvalue weighted by molar-refractivity contribution is 5.98. The zero-order valence-corrected chi connectivity index (χ0v) is 13.7. The van der Waals surface area contributed by atoms with Crippen LogP contribution in [0.1, 0.15) is 23.2 Å². The van der Waals surface area contributed by atoms with E-state index in [1.54, 1.807) is 6.07 Å². The molecule has 0 aliphatic carbocycles. The predicted molar refractivity (Wildman–Crippen MR) is 95.2 cm³/mol.